The van der Waals surface area contributed by atoms with Gasteiger partial charge in [0.2, 0.25) is 0 Å². The van der Waals surface area contributed by atoms with Gasteiger partial charge in [-0.25, -0.2) is 0 Å². The fraction of sp³-hybridized carbons (Fsp3) is 0.0556. The Labute approximate surface area is 139 Å². The molecule has 0 aromatic heterocycles. The maximum Gasteiger partial charge on any atom is 0.266 e. The molecule has 2 aromatic rings. The molecule has 0 saturated carbocycles. The van der Waals surface area contributed by atoms with E-state index in [2.05, 4.69) is 5.32 Å². The number of nitrogens with two attached hydrogens (primary N) is 1. The minimum absolute atomic E-state index is 0.0889. The van der Waals surface area contributed by atoms with E-state index in [1.807, 2.05) is 12.1 Å². The molecule has 0 saturated heterocycles. The fourth-order valence-electron chi connectivity index (χ4n) is 1.90. The van der Waals surface area contributed by atoms with Gasteiger partial charge in [-0.3, -0.25) is 9.59 Å². The Hall–Kier alpha value is -3.59. The number of primary amides is 1. The Morgan fingerprint density at radius 2 is 1.79 bits per heavy atom. The molecule has 6 nitrogen and oxygen atoms in total. The number of rotatable bonds is 6. The van der Waals surface area contributed by atoms with E-state index in [4.69, 9.17) is 10.5 Å². The summed E-state index contributed by atoms with van der Waals surface area (Å²) in [5.74, 6) is -0.791. The van der Waals surface area contributed by atoms with Crippen LogP contribution in [-0.2, 0) is 9.59 Å². The van der Waals surface area contributed by atoms with Gasteiger partial charge in [-0.05, 0) is 24.3 Å². The zero-order valence-electron chi connectivity index (χ0n) is 12.7. The summed E-state index contributed by atoms with van der Waals surface area (Å²) in [5.41, 5.74) is 6.05. The highest BCUT2D eigenvalue weighted by atomic mass is 16.5. The molecule has 0 spiro atoms. The number of nitriles is 1. The standard InChI is InChI=1S/C18H15N3O3/c19-11-14(18(23)21-15-7-2-1-3-8-15)10-13-6-4-5-9-16(13)24-12-17(20)22/h1-10H,12H2,(H2,20,22)(H,21,23)/b14-10+. The van der Waals surface area contributed by atoms with Crippen molar-refractivity contribution in [3.63, 3.8) is 0 Å². The van der Waals surface area contributed by atoms with E-state index < -0.39 is 11.8 Å². The van der Waals surface area contributed by atoms with Crippen LogP contribution in [-0.4, -0.2) is 18.4 Å². The molecule has 0 radical (unpaired) electrons. The number of nitrogens with zero attached hydrogens (tertiary/aromatic N) is 1. The predicted octanol–water partition coefficient (Wildman–Crippen LogP) is 2.10. The highest BCUT2D eigenvalue weighted by Crippen LogP contribution is 2.21. The topological polar surface area (TPSA) is 105 Å². The van der Waals surface area contributed by atoms with Crippen LogP contribution in [0.1, 0.15) is 5.56 Å². The molecule has 6 heteroatoms. The van der Waals surface area contributed by atoms with Crippen molar-refractivity contribution in [2.45, 2.75) is 0 Å². The van der Waals surface area contributed by atoms with Crippen LogP contribution < -0.4 is 15.8 Å². The number of carbonyl (C=O) groups is 2. The number of hydrogen-bond donors (Lipinski definition) is 2. The molecule has 0 aliphatic rings. The van der Waals surface area contributed by atoms with Crippen LogP contribution in [0.15, 0.2) is 60.2 Å². The number of ether oxygens (including phenoxy) is 1. The summed E-state index contributed by atoms with van der Waals surface area (Å²) in [6.45, 7) is -0.289. The predicted molar refractivity (Wildman–Crippen MR) is 89.8 cm³/mol. The lowest BCUT2D eigenvalue weighted by Crippen LogP contribution is -2.20. The first-order chi connectivity index (χ1) is 11.6. The van der Waals surface area contributed by atoms with Gasteiger partial charge in [-0.1, -0.05) is 36.4 Å². The second-order valence-electron chi connectivity index (χ2n) is 4.78. The molecule has 2 aromatic carbocycles. The third-order valence-corrected chi connectivity index (χ3v) is 2.99. The molecule has 2 amide bonds. The number of para-hydroxylation sites is 2. The molecular weight excluding hydrogens is 306 g/mol. The van der Waals surface area contributed by atoms with E-state index in [9.17, 15) is 14.9 Å². The van der Waals surface area contributed by atoms with E-state index in [0.717, 1.165) is 0 Å². The molecule has 3 N–H and O–H groups in total. The molecule has 0 atom stereocenters. The Morgan fingerprint density at radius 3 is 2.46 bits per heavy atom. The highest BCUT2D eigenvalue weighted by Gasteiger charge is 2.11. The Kier molecular flexibility index (Phi) is 5.70. The summed E-state index contributed by atoms with van der Waals surface area (Å²) in [6.07, 6.45) is 1.40. The van der Waals surface area contributed by atoms with Crippen LogP contribution in [0.3, 0.4) is 0 Å². The van der Waals surface area contributed by atoms with Gasteiger partial charge in [0, 0.05) is 11.3 Å². The number of benzene rings is 2. The highest BCUT2D eigenvalue weighted by molar-refractivity contribution is 6.09. The third-order valence-electron chi connectivity index (χ3n) is 2.99. The van der Waals surface area contributed by atoms with E-state index in [1.165, 1.54) is 6.08 Å². The fourth-order valence-corrected chi connectivity index (χ4v) is 1.90. The van der Waals surface area contributed by atoms with Crippen molar-refractivity contribution < 1.29 is 14.3 Å². The average Bonchev–Trinajstić information content (AvgIpc) is 2.59. The molecule has 120 valence electrons. The van der Waals surface area contributed by atoms with E-state index in [0.29, 0.717) is 17.0 Å². The van der Waals surface area contributed by atoms with Crippen LogP contribution in [0, 0.1) is 11.3 Å². The monoisotopic (exact) mass is 321 g/mol. The first kappa shape index (κ1) is 16.8. The summed E-state index contributed by atoms with van der Waals surface area (Å²) in [6, 6.07) is 17.4. The molecule has 0 aliphatic heterocycles. The Bertz CT molecular complexity index is 808. The average molecular weight is 321 g/mol. The molecule has 0 fully saturated rings. The number of anilines is 1. The number of carbonyl (C=O) groups excluding carboxylic acids is 2. The minimum Gasteiger partial charge on any atom is -0.483 e. The van der Waals surface area contributed by atoms with Crippen molar-refractivity contribution in [2.24, 2.45) is 5.73 Å². The first-order valence-corrected chi connectivity index (χ1v) is 7.08. The molecule has 0 unspecified atom stereocenters. The molecule has 2 rings (SSSR count). The lowest BCUT2D eigenvalue weighted by atomic mass is 10.1. The molecule has 0 aliphatic carbocycles. The molecule has 0 bridgehead atoms. The zero-order valence-corrected chi connectivity index (χ0v) is 12.7. The van der Waals surface area contributed by atoms with Crippen molar-refractivity contribution in [2.75, 3.05) is 11.9 Å². The second kappa shape index (κ2) is 8.15. The second-order valence-corrected chi connectivity index (χ2v) is 4.78. The van der Waals surface area contributed by atoms with Crippen LogP contribution in [0.25, 0.3) is 6.08 Å². The number of hydrogen-bond acceptors (Lipinski definition) is 4. The lowest BCUT2D eigenvalue weighted by Gasteiger charge is -2.08. The number of amides is 2. The summed E-state index contributed by atoms with van der Waals surface area (Å²) >= 11 is 0. The van der Waals surface area contributed by atoms with Gasteiger partial charge >= 0.3 is 0 Å². The van der Waals surface area contributed by atoms with Gasteiger partial charge in [-0.15, -0.1) is 0 Å². The Morgan fingerprint density at radius 1 is 1.12 bits per heavy atom. The van der Waals surface area contributed by atoms with Gasteiger partial charge in [0.15, 0.2) is 6.61 Å². The lowest BCUT2D eigenvalue weighted by molar-refractivity contribution is -0.120. The van der Waals surface area contributed by atoms with Crippen molar-refractivity contribution in [3.05, 3.63) is 65.7 Å². The molecule has 24 heavy (non-hydrogen) atoms. The zero-order chi connectivity index (χ0) is 17.4. The van der Waals surface area contributed by atoms with Gasteiger partial charge in [0.05, 0.1) is 0 Å². The largest absolute Gasteiger partial charge is 0.483 e. The van der Waals surface area contributed by atoms with Crippen LogP contribution >= 0.6 is 0 Å². The summed E-state index contributed by atoms with van der Waals surface area (Å²) in [7, 11) is 0. The van der Waals surface area contributed by atoms with Gasteiger partial charge in [0.25, 0.3) is 11.8 Å². The number of nitrogens with one attached hydrogen (secondary N) is 1. The van der Waals surface area contributed by atoms with Crippen LogP contribution in [0.2, 0.25) is 0 Å². The van der Waals surface area contributed by atoms with Crippen LogP contribution in [0.5, 0.6) is 5.75 Å². The summed E-state index contributed by atoms with van der Waals surface area (Å²) in [4.78, 5) is 23.0. The van der Waals surface area contributed by atoms with Crippen molar-refractivity contribution in [1.29, 1.82) is 5.26 Å². The van der Waals surface area contributed by atoms with E-state index >= 15 is 0 Å². The van der Waals surface area contributed by atoms with Crippen molar-refractivity contribution >= 4 is 23.6 Å². The Balaban J connectivity index is 2.22. The smallest absolute Gasteiger partial charge is 0.266 e. The maximum absolute atomic E-state index is 12.2. The van der Waals surface area contributed by atoms with E-state index in [1.54, 1.807) is 48.5 Å². The minimum atomic E-state index is -0.615. The van der Waals surface area contributed by atoms with Crippen molar-refractivity contribution in [1.82, 2.24) is 0 Å². The summed E-state index contributed by atoms with van der Waals surface area (Å²) < 4.78 is 5.28. The maximum atomic E-state index is 12.2. The van der Waals surface area contributed by atoms with E-state index in [-0.39, 0.29) is 12.2 Å². The van der Waals surface area contributed by atoms with Gasteiger partial charge < -0.3 is 15.8 Å². The van der Waals surface area contributed by atoms with Crippen molar-refractivity contribution in [3.8, 4) is 11.8 Å². The third kappa shape index (κ3) is 4.71. The summed E-state index contributed by atoms with van der Waals surface area (Å²) in [5, 5.41) is 11.9. The normalized spacial score (nSPS) is 10.5. The first-order valence-electron chi connectivity index (χ1n) is 7.08. The molecular formula is C18H15N3O3. The van der Waals surface area contributed by atoms with Crippen LogP contribution in [0.4, 0.5) is 5.69 Å². The molecule has 0 heterocycles. The SMILES string of the molecule is N#C/C(=C\c1ccccc1OCC(N)=O)C(=O)Nc1ccccc1. The van der Waals surface area contributed by atoms with Gasteiger partial charge in [-0.2, -0.15) is 5.26 Å². The van der Waals surface area contributed by atoms with Gasteiger partial charge in [0.1, 0.15) is 17.4 Å². The quantitative estimate of drug-likeness (QED) is 0.627.